The Morgan fingerprint density at radius 1 is 1.35 bits per heavy atom. The third kappa shape index (κ3) is 3.50. The van der Waals surface area contributed by atoms with Gasteiger partial charge in [0.2, 0.25) is 0 Å². The molecule has 1 aromatic heterocycles. The zero-order valence-corrected chi connectivity index (χ0v) is 12.4. The Kier molecular flexibility index (Phi) is 5.56. The first kappa shape index (κ1) is 14.6. The second kappa shape index (κ2) is 6.47. The minimum atomic E-state index is -0.159. The van der Waals surface area contributed by atoms with Crippen LogP contribution in [0.15, 0.2) is 0 Å². The monoisotopic (exact) mass is 256 g/mol. The van der Waals surface area contributed by atoms with Crippen LogP contribution in [0.1, 0.15) is 43.3 Å². The number of rotatable bonds is 7. The van der Waals surface area contributed by atoms with Crippen molar-refractivity contribution in [2.24, 2.45) is 0 Å². The van der Waals surface area contributed by atoms with Crippen molar-refractivity contribution in [2.45, 2.75) is 46.6 Å². The molecular weight excluding hydrogens is 232 g/mol. The summed E-state index contributed by atoms with van der Waals surface area (Å²) < 4.78 is 5.59. The van der Waals surface area contributed by atoms with Gasteiger partial charge in [0.1, 0.15) is 5.01 Å². The number of nitrogens with zero attached hydrogens (tertiary/aromatic N) is 1. The van der Waals surface area contributed by atoms with Gasteiger partial charge in [-0.25, -0.2) is 4.98 Å². The lowest BCUT2D eigenvalue weighted by Crippen LogP contribution is -2.43. The number of nitrogens with one attached hydrogen (secondary N) is 1. The maximum absolute atomic E-state index is 5.59. The normalized spacial score (nSPS) is 14.9. The van der Waals surface area contributed by atoms with E-state index in [0.717, 1.165) is 24.6 Å². The molecule has 1 heterocycles. The maximum atomic E-state index is 5.59. The average molecular weight is 256 g/mol. The molecule has 0 aliphatic rings. The Hall–Kier alpha value is -0.450. The van der Waals surface area contributed by atoms with E-state index in [4.69, 9.17) is 9.72 Å². The van der Waals surface area contributed by atoms with Gasteiger partial charge < -0.3 is 10.1 Å². The van der Waals surface area contributed by atoms with E-state index in [0.29, 0.717) is 6.61 Å². The largest absolute Gasteiger partial charge is 0.379 e. The summed E-state index contributed by atoms with van der Waals surface area (Å²) in [5.74, 6) is 0. The first-order chi connectivity index (χ1) is 8.07. The molecule has 0 bridgehead atoms. The van der Waals surface area contributed by atoms with Gasteiger partial charge in [0.15, 0.2) is 0 Å². The summed E-state index contributed by atoms with van der Waals surface area (Å²) in [6.45, 7) is 12.9. The Bertz CT molecular complexity index is 351. The van der Waals surface area contributed by atoms with E-state index in [1.54, 1.807) is 11.3 Å². The Labute approximate surface area is 109 Å². The first-order valence-electron chi connectivity index (χ1n) is 6.36. The lowest BCUT2D eigenvalue weighted by atomic mass is 10.1. The third-order valence-corrected chi connectivity index (χ3v) is 4.14. The van der Waals surface area contributed by atoms with Crippen molar-refractivity contribution in [3.05, 3.63) is 15.6 Å². The molecule has 0 spiro atoms. The molecule has 1 unspecified atom stereocenters. The number of likely N-dealkylation sites (N-methyl/N-ethyl adjacent to an activating group) is 1. The van der Waals surface area contributed by atoms with Gasteiger partial charge in [-0.3, -0.25) is 0 Å². The third-order valence-electron chi connectivity index (χ3n) is 2.86. The van der Waals surface area contributed by atoms with Crippen LogP contribution < -0.4 is 5.32 Å². The van der Waals surface area contributed by atoms with Crippen LogP contribution in [0.3, 0.4) is 0 Å². The van der Waals surface area contributed by atoms with Crippen molar-refractivity contribution in [1.29, 1.82) is 0 Å². The molecule has 0 aliphatic heterocycles. The summed E-state index contributed by atoms with van der Waals surface area (Å²) in [4.78, 5) is 6.07. The summed E-state index contributed by atoms with van der Waals surface area (Å²) in [6, 6.07) is 0. The second-order valence-electron chi connectivity index (χ2n) is 4.38. The maximum Gasteiger partial charge on any atom is 0.115 e. The molecule has 3 nitrogen and oxygen atoms in total. The van der Waals surface area contributed by atoms with E-state index < -0.39 is 0 Å². The van der Waals surface area contributed by atoms with Gasteiger partial charge in [-0.2, -0.15) is 0 Å². The van der Waals surface area contributed by atoms with Crippen molar-refractivity contribution in [3.63, 3.8) is 0 Å². The predicted molar refractivity (Wildman–Crippen MR) is 73.8 cm³/mol. The second-order valence-corrected chi connectivity index (χ2v) is 5.58. The SMILES string of the molecule is CCNC(C)(COCC)c1nc(CC)c(C)s1. The molecule has 0 fully saturated rings. The molecule has 0 aliphatic carbocycles. The number of aryl methyl sites for hydroxylation is 2. The van der Waals surface area contributed by atoms with Gasteiger partial charge in [0, 0.05) is 11.5 Å². The van der Waals surface area contributed by atoms with Gasteiger partial charge in [-0.05, 0) is 33.7 Å². The van der Waals surface area contributed by atoms with Crippen LogP contribution in [-0.2, 0) is 16.7 Å². The van der Waals surface area contributed by atoms with Crippen LogP contribution in [0.25, 0.3) is 0 Å². The molecule has 98 valence electrons. The Balaban J connectivity index is 2.95. The molecule has 4 heteroatoms. The Morgan fingerprint density at radius 2 is 2.06 bits per heavy atom. The van der Waals surface area contributed by atoms with Crippen LogP contribution in [-0.4, -0.2) is 24.7 Å². The van der Waals surface area contributed by atoms with Gasteiger partial charge in [-0.1, -0.05) is 13.8 Å². The van der Waals surface area contributed by atoms with E-state index >= 15 is 0 Å². The lowest BCUT2D eigenvalue weighted by molar-refractivity contribution is 0.0839. The summed E-state index contributed by atoms with van der Waals surface area (Å²) in [7, 11) is 0. The highest BCUT2D eigenvalue weighted by molar-refractivity contribution is 7.11. The number of hydrogen-bond donors (Lipinski definition) is 1. The van der Waals surface area contributed by atoms with Crippen molar-refractivity contribution < 1.29 is 4.74 Å². The summed E-state index contributed by atoms with van der Waals surface area (Å²) >= 11 is 1.78. The van der Waals surface area contributed by atoms with E-state index in [9.17, 15) is 0 Å². The van der Waals surface area contributed by atoms with Crippen LogP contribution in [0, 0.1) is 6.92 Å². The average Bonchev–Trinajstić information content (AvgIpc) is 2.69. The highest BCUT2D eigenvalue weighted by Gasteiger charge is 2.30. The standard InChI is InChI=1S/C13H24N2OS/c1-6-11-10(4)17-12(15-11)13(5,14-7-2)9-16-8-3/h14H,6-9H2,1-5H3. The van der Waals surface area contributed by atoms with Gasteiger partial charge in [0.25, 0.3) is 0 Å². The summed E-state index contributed by atoms with van der Waals surface area (Å²) in [5.41, 5.74) is 1.05. The van der Waals surface area contributed by atoms with Gasteiger partial charge in [-0.15, -0.1) is 11.3 Å². The molecule has 17 heavy (non-hydrogen) atoms. The fourth-order valence-electron chi connectivity index (χ4n) is 1.88. The molecule has 1 rings (SSSR count). The zero-order chi connectivity index (χ0) is 12.9. The fraction of sp³-hybridized carbons (Fsp3) is 0.769. The van der Waals surface area contributed by atoms with Crippen LogP contribution in [0.5, 0.6) is 0 Å². The minimum absolute atomic E-state index is 0.159. The molecule has 0 amide bonds. The van der Waals surface area contributed by atoms with Gasteiger partial charge in [0.05, 0.1) is 17.8 Å². The number of thiazole rings is 1. The van der Waals surface area contributed by atoms with Crippen molar-refractivity contribution in [1.82, 2.24) is 10.3 Å². The minimum Gasteiger partial charge on any atom is -0.379 e. The molecule has 0 radical (unpaired) electrons. The number of ether oxygens (including phenoxy) is 1. The van der Waals surface area contributed by atoms with E-state index in [2.05, 4.69) is 33.0 Å². The van der Waals surface area contributed by atoms with Crippen molar-refractivity contribution in [2.75, 3.05) is 19.8 Å². The van der Waals surface area contributed by atoms with E-state index in [1.165, 1.54) is 10.6 Å². The summed E-state index contributed by atoms with van der Waals surface area (Å²) in [5, 5.41) is 4.64. The van der Waals surface area contributed by atoms with E-state index in [-0.39, 0.29) is 5.54 Å². The quantitative estimate of drug-likeness (QED) is 0.814. The summed E-state index contributed by atoms with van der Waals surface area (Å²) in [6.07, 6.45) is 0.999. The smallest absolute Gasteiger partial charge is 0.115 e. The van der Waals surface area contributed by atoms with Crippen LogP contribution >= 0.6 is 11.3 Å². The zero-order valence-electron chi connectivity index (χ0n) is 11.6. The lowest BCUT2D eigenvalue weighted by Gasteiger charge is -2.28. The highest BCUT2D eigenvalue weighted by Crippen LogP contribution is 2.28. The van der Waals surface area contributed by atoms with Gasteiger partial charge >= 0.3 is 0 Å². The fourth-order valence-corrected chi connectivity index (χ4v) is 2.99. The molecular formula is C13H24N2OS. The molecule has 1 aromatic rings. The van der Waals surface area contributed by atoms with Crippen molar-refractivity contribution in [3.8, 4) is 0 Å². The van der Waals surface area contributed by atoms with Crippen LogP contribution in [0.2, 0.25) is 0 Å². The molecule has 0 saturated heterocycles. The highest BCUT2D eigenvalue weighted by atomic mass is 32.1. The number of hydrogen-bond acceptors (Lipinski definition) is 4. The first-order valence-corrected chi connectivity index (χ1v) is 7.18. The molecule has 1 atom stereocenters. The predicted octanol–water partition coefficient (Wildman–Crippen LogP) is 2.88. The van der Waals surface area contributed by atoms with Crippen LogP contribution in [0.4, 0.5) is 0 Å². The topological polar surface area (TPSA) is 34.1 Å². The number of aromatic nitrogens is 1. The molecule has 1 N–H and O–H groups in total. The Morgan fingerprint density at radius 3 is 2.53 bits per heavy atom. The van der Waals surface area contributed by atoms with E-state index in [1.807, 2.05) is 6.92 Å². The molecule has 0 saturated carbocycles. The molecule has 0 aromatic carbocycles. The van der Waals surface area contributed by atoms with Crippen molar-refractivity contribution >= 4 is 11.3 Å².